The van der Waals surface area contributed by atoms with E-state index in [1.807, 2.05) is 6.26 Å². The van der Waals surface area contributed by atoms with E-state index < -0.39 is 11.8 Å². The molecule has 6 nitrogen and oxygen atoms in total. The van der Waals surface area contributed by atoms with Crippen LogP contribution in [-0.4, -0.2) is 34.3 Å². The number of rotatable bonds is 7. The third kappa shape index (κ3) is 4.58. The summed E-state index contributed by atoms with van der Waals surface area (Å²) in [7, 11) is 1.73. The zero-order valence-electron chi connectivity index (χ0n) is 14.3. The van der Waals surface area contributed by atoms with E-state index in [1.165, 1.54) is 23.9 Å². The summed E-state index contributed by atoms with van der Waals surface area (Å²) in [6, 6.07) is 6.13. The fraction of sp³-hybridized carbons (Fsp3) is 0.222. The van der Waals surface area contributed by atoms with Crippen LogP contribution in [0.15, 0.2) is 35.5 Å². The predicted octanol–water partition coefficient (Wildman–Crippen LogP) is 3.49. The number of hydrogen-bond donors (Lipinski definition) is 2. The third-order valence-electron chi connectivity index (χ3n) is 3.59. The van der Waals surface area contributed by atoms with Crippen molar-refractivity contribution in [2.75, 3.05) is 18.6 Å². The number of aromatic nitrogens is 2. The average molecular weight is 372 g/mol. The van der Waals surface area contributed by atoms with E-state index in [0.717, 1.165) is 11.6 Å². The van der Waals surface area contributed by atoms with Gasteiger partial charge in [0.05, 0.1) is 11.3 Å². The molecule has 0 saturated carbocycles. The van der Waals surface area contributed by atoms with Crippen molar-refractivity contribution >= 4 is 23.5 Å². The fourth-order valence-electron chi connectivity index (χ4n) is 2.40. The molecule has 0 aliphatic rings. The summed E-state index contributed by atoms with van der Waals surface area (Å²) in [6.07, 6.45) is 5.41. The largest absolute Gasteiger partial charge is 0.478 e. The summed E-state index contributed by atoms with van der Waals surface area (Å²) in [4.78, 5) is 19.5. The Bertz CT molecular complexity index is 893. The Morgan fingerprint density at radius 3 is 2.81 bits per heavy atom. The van der Waals surface area contributed by atoms with E-state index in [9.17, 15) is 9.18 Å². The SMILES string of the molecule is CNc1nc(SC)nc(-c2ccc(C#N)c(F)c2)c1CC/C=C/C(=O)O. The Morgan fingerprint density at radius 1 is 1.46 bits per heavy atom. The van der Waals surface area contributed by atoms with E-state index in [2.05, 4.69) is 15.3 Å². The van der Waals surface area contributed by atoms with Gasteiger partial charge in [-0.25, -0.2) is 19.2 Å². The van der Waals surface area contributed by atoms with Crippen molar-refractivity contribution in [2.24, 2.45) is 0 Å². The Hall–Kier alpha value is -2.92. The van der Waals surface area contributed by atoms with Crippen LogP contribution in [0.2, 0.25) is 0 Å². The minimum atomic E-state index is -1.01. The first-order valence-electron chi connectivity index (χ1n) is 7.72. The Morgan fingerprint density at radius 2 is 2.23 bits per heavy atom. The van der Waals surface area contributed by atoms with Crippen molar-refractivity contribution in [1.82, 2.24) is 9.97 Å². The molecule has 0 bridgehead atoms. The highest BCUT2D eigenvalue weighted by Crippen LogP contribution is 2.30. The first kappa shape index (κ1) is 19.4. The molecule has 2 rings (SSSR count). The Kier molecular flexibility index (Phi) is 6.69. The van der Waals surface area contributed by atoms with Gasteiger partial charge in [0, 0.05) is 24.3 Å². The molecule has 0 amide bonds. The number of nitrogens with one attached hydrogen (secondary N) is 1. The highest BCUT2D eigenvalue weighted by atomic mass is 32.2. The van der Waals surface area contributed by atoms with Crippen LogP contribution in [0.1, 0.15) is 17.5 Å². The van der Waals surface area contributed by atoms with E-state index in [-0.39, 0.29) is 5.56 Å². The van der Waals surface area contributed by atoms with Crippen LogP contribution in [0.3, 0.4) is 0 Å². The van der Waals surface area contributed by atoms with Crippen molar-refractivity contribution in [2.45, 2.75) is 18.0 Å². The second-order valence-electron chi connectivity index (χ2n) is 5.22. The standard InChI is InChI=1S/C18H17FN4O2S/c1-21-17-13(5-3-4-6-15(24)25)16(22-18(23-17)26-2)11-7-8-12(10-20)14(19)9-11/h4,6-9H,3,5H2,1-2H3,(H,24,25)(H,21,22,23)/b6-4+. The molecule has 0 fully saturated rings. The molecule has 0 aliphatic carbocycles. The molecule has 0 aliphatic heterocycles. The fourth-order valence-corrected chi connectivity index (χ4v) is 2.77. The third-order valence-corrected chi connectivity index (χ3v) is 4.14. The van der Waals surface area contributed by atoms with Crippen molar-refractivity contribution in [1.29, 1.82) is 5.26 Å². The topological polar surface area (TPSA) is 98.9 Å². The van der Waals surface area contributed by atoms with Crippen molar-refractivity contribution < 1.29 is 14.3 Å². The van der Waals surface area contributed by atoms with Gasteiger partial charge in [-0.1, -0.05) is 23.9 Å². The van der Waals surface area contributed by atoms with Crippen molar-refractivity contribution in [3.63, 3.8) is 0 Å². The maximum absolute atomic E-state index is 14.1. The van der Waals surface area contributed by atoms with Gasteiger partial charge in [0.25, 0.3) is 0 Å². The number of aliphatic carboxylic acids is 1. The van der Waals surface area contributed by atoms with Crippen LogP contribution in [0.4, 0.5) is 10.2 Å². The molecule has 1 heterocycles. The number of halogens is 1. The molecule has 0 radical (unpaired) electrons. The Labute approximate surface area is 154 Å². The van der Waals surface area contributed by atoms with Crippen LogP contribution in [0, 0.1) is 17.1 Å². The molecular formula is C18H17FN4O2S. The first-order chi connectivity index (χ1) is 12.5. The lowest BCUT2D eigenvalue weighted by Crippen LogP contribution is -2.05. The molecule has 0 unspecified atom stereocenters. The number of anilines is 1. The number of carboxylic acid groups (broad SMARTS) is 1. The van der Waals surface area contributed by atoms with Crippen molar-refractivity contribution in [3.8, 4) is 17.3 Å². The van der Waals surface area contributed by atoms with Crippen molar-refractivity contribution in [3.05, 3.63) is 47.3 Å². The lowest BCUT2D eigenvalue weighted by Gasteiger charge is -2.14. The van der Waals surface area contributed by atoms with Crippen LogP contribution in [0.5, 0.6) is 0 Å². The minimum Gasteiger partial charge on any atom is -0.478 e. The molecule has 134 valence electrons. The van der Waals surface area contributed by atoms with Gasteiger partial charge in [0.1, 0.15) is 17.7 Å². The van der Waals surface area contributed by atoms with Gasteiger partial charge in [-0.2, -0.15) is 5.26 Å². The zero-order valence-corrected chi connectivity index (χ0v) is 15.1. The van der Waals surface area contributed by atoms with Crippen LogP contribution >= 0.6 is 11.8 Å². The number of carboxylic acids is 1. The van der Waals surface area contributed by atoms with E-state index in [0.29, 0.717) is 35.1 Å². The van der Waals surface area contributed by atoms with Crippen LogP contribution in [0.25, 0.3) is 11.3 Å². The van der Waals surface area contributed by atoms with Gasteiger partial charge in [-0.05, 0) is 31.2 Å². The number of nitriles is 1. The molecule has 0 spiro atoms. The quantitative estimate of drug-likeness (QED) is 0.436. The number of benzene rings is 1. The minimum absolute atomic E-state index is 0.0346. The lowest BCUT2D eigenvalue weighted by molar-refractivity contribution is -0.131. The number of hydrogen-bond acceptors (Lipinski definition) is 6. The number of nitrogens with zero attached hydrogens (tertiary/aromatic N) is 3. The monoisotopic (exact) mass is 372 g/mol. The van der Waals surface area contributed by atoms with Gasteiger partial charge in [0.2, 0.25) is 0 Å². The number of carbonyl (C=O) groups is 1. The Balaban J connectivity index is 2.52. The van der Waals surface area contributed by atoms with Gasteiger partial charge in [-0.15, -0.1) is 0 Å². The molecule has 8 heteroatoms. The molecular weight excluding hydrogens is 355 g/mol. The summed E-state index contributed by atoms with van der Waals surface area (Å²) >= 11 is 1.36. The maximum Gasteiger partial charge on any atom is 0.327 e. The lowest BCUT2D eigenvalue weighted by atomic mass is 10.0. The molecule has 2 N–H and O–H groups in total. The second-order valence-corrected chi connectivity index (χ2v) is 6.00. The smallest absolute Gasteiger partial charge is 0.327 e. The summed E-state index contributed by atoms with van der Waals surface area (Å²) in [5.41, 5.74) is 1.81. The summed E-state index contributed by atoms with van der Waals surface area (Å²) in [5, 5.41) is 21.1. The van der Waals surface area contributed by atoms with Crippen LogP contribution in [-0.2, 0) is 11.2 Å². The summed E-state index contributed by atoms with van der Waals surface area (Å²) in [6.45, 7) is 0. The highest BCUT2D eigenvalue weighted by Gasteiger charge is 2.16. The van der Waals surface area contributed by atoms with E-state index >= 15 is 0 Å². The van der Waals surface area contributed by atoms with E-state index in [4.69, 9.17) is 10.4 Å². The molecule has 1 aromatic heterocycles. The summed E-state index contributed by atoms with van der Waals surface area (Å²) in [5.74, 6) is -1.02. The van der Waals surface area contributed by atoms with Gasteiger partial charge >= 0.3 is 5.97 Å². The normalized spacial score (nSPS) is 10.7. The molecule has 26 heavy (non-hydrogen) atoms. The molecule has 1 aromatic carbocycles. The van der Waals surface area contributed by atoms with Gasteiger partial charge in [0.15, 0.2) is 5.16 Å². The zero-order chi connectivity index (χ0) is 19.1. The van der Waals surface area contributed by atoms with Crippen LogP contribution < -0.4 is 5.32 Å². The summed E-state index contributed by atoms with van der Waals surface area (Å²) < 4.78 is 14.1. The first-order valence-corrected chi connectivity index (χ1v) is 8.94. The highest BCUT2D eigenvalue weighted by molar-refractivity contribution is 7.98. The van der Waals surface area contributed by atoms with E-state index in [1.54, 1.807) is 25.3 Å². The van der Waals surface area contributed by atoms with Gasteiger partial charge in [-0.3, -0.25) is 0 Å². The molecule has 0 atom stereocenters. The average Bonchev–Trinajstić information content (AvgIpc) is 2.64. The number of allylic oxidation sites excluding steroid dienone is 1. The second kappa shape index (κ2) is 8.97. The predicted molar refractivity (Wildman–Crippen MR) is 98.6 cm³/mol. The van der Waals surface area contributed by atoms with Gasteiger partial charge < -0.3 is 10.4 Å². The number of thioether (sulfide) groups is 1. The maximum atomic E-state index is 14.1. The molecule has 2 aromatic rings. The molecule has 0 saturated heterocycles.